The van der Waals surface area contributed by atoms with Gasteiger partial charge in [-0.25, -0.2) is 0 Å². The Morgan fingerprint density at radius 1 is 1.28 bits per heavy atom. The second kappa shape index (κ2) is 12.0. The summed E-state index contributed by atoms with van der Waals surface area (Å²) in [6, 6.07) is 0. The fraction of sp³-hybridized carbons (Fsp3) is 0.714. The van der Waals surface area contributed by atoms with Crippen molar-refractivity contribution >= 4 is 11.8 Å². The van der Waals surface area contributed by atoms with Gasteiger partial charge in [0.25, 0.3) is 0 Å². The van der Waals surface area contributed by atoms with Gasteiger partial charge in [0.2, 0.25) is 0 Å². The van der Waals surface area contributed by atoms with Crippen molar-refractivity contribution in [1.82, 2.24) is 0 Å². The lowest BCUT2D eigenvalue weighted by molar-refractivity contribution is -0.137. The van der Waals surface area contributed by atoms with Gasteiger partial charge in [-0.1, -0.05) is 57.4 Å². The molecule has 0 aromatic heterocycles. The molecule has 1 aliphatic carbocycles. The Morgan fingerprint density at radius 3 is 2.72 bits per heavy atom. The number of carboxylic acid groups (broad SMARTS) is 1. The molecule has 0 spiro atoms. The minimum Gasteiger partial charge on any atom is -0.481 e. The molecular formula is C21H34O4. The van der Waals surface area contributed by atoms with E-state index in [4.69, 9.17) is 5.11 Å². The highest BCUT2D eigenvalue weighted by Crippen LogP contribution is 2.33. The number of aliphatic hydroxyl groups excluding tert-OH is 1. The third kappa shape index (κ3) is 8.48. The quantitative estimate of drug-likeness (QED) is 0.401. The van der Waals surface area contributed by atoms with Crippen LogP contribution in [0.1, 0.15) is 71.6 Å². The van der Waals surface area contributed by atoms with E-state index in [9.17, 15) is 14.7 Å². The number of carbonyl (C=O) groups is 2. The maximum Gasteiger partial charge on any atom is 0.303 e. The molecule has 0 saturated heterocycles. The number of rotatable bonds is 12. The van der Waals surface area contributed by atoms with Gasteiger partial charge in [-0.3, -0.25) is 9.59 Å². The summed E-state index contributed by atoms with van der Waals surface area (Å²) in [5.41, 5.74) is 0. The summed E-state index contributed by atoms with van der Waals surface area (Å²) in [4.78, 5) is 22.6. The van der Waals surface area contributed by atoms with Crippen LogP contribution in [0.4, 0.5) is 0 Å². The first-order chi connectivity index (χ1) is 12.0. The molecule has 142 valence electrons. The standard InChI is InChI=1S/C21H34O4/c1-3-4-7-10-16(2)13-14-18-17(19(22)15-20(18)23)11-8-5-6-9-12-21(24)25/h5,8,13-14,16-19,22H,3-4,6-7,9-12,15H2,1-2H3,(H,24,25)/b8-5+,14-13+. The molecule has 0 heterocycles. The van der Waals surface area contributed by atoms with Gasteiger partial charge in [-0.15, -0.1) is 0 Å². The third-order valence-corrected chi connectivity index (χ3v) is 4.98. The first-order valence-electron chi connectivity index (χ1n) is 9.71. The van der Waals surface area contributed by atoms with E-state index in [2.05, 4.69) is 19.9 Å². The molecule has 1 aliphatic rings. The summed E-state index contributed by atoms with van der Waals surface area (Å²) in [6.07, 6.45) is 14.8. The Labute approximate surface area is 152 Å². The molecule has 4 unspecified atom stereocenters. The molecule has 1 fully saturated rings. The third-order valence-electron chi connectivity index (χ3n) is 4.98. The Hall–Kier alpha value is -1.42. The Kier molecular flexibility index (Phi) is 10.4. The average Bonchev–Trinajstić information content (AvgIpc) is 2.82. The van der Waals surface area contributed by atoms with E-state index >= 15 is 0 Å². The van der Waals surface area contributed by atoms with Crippen LogP contribution >= 0.6 is 0 Å². The number of carbonyl (C=O) groups excluding carboxylic acids is 1. The van der Waals surface area contributed by atoms with Crippen molar-refractivity contribution in [1.29, 1.82) is 0 Å². The van der Waals surface area contributed by atoms with Crippen LogP contribution in [0, 0.1) is 17.8 Å². The van der Waals surface area contributed by atoms with Crippen LogP contribution in [0.2, 0.25) is 0 Å². The molecule has 0 bridgehead atoms. The lowest BCUT2D eigenvalue weighted by atomic mass is 9.89. The lowest BCUT2D eigenvalue weighted by Crippen LogP contribution is -2.18. The number of unbranched alkanes of at least 4 members (excludes halogenated alkanes) is 3. The Balaban J connectivity index is 2.48. The molecule has 1 rings (SSSR count). The van der Waals surface area contributed by atoms with Gasteiger partial charge >= 0.3 is 5.97 Å². The van der Waals surface area contributed by atoms with Gasteiger partial charge in [0.05, 0.1) is 6.10 Å². The lowest BCUT2D eigenvalue weighted by Gasteiger charge is -2.17. The minimum absolute atomic E-state index is 0.0534. The highest BCUT2D eigenvalue weighted by molar-refractivity contribution is 5.86. The van der Waals surface area contributed by atoms with Crippen LogP contribution in [0.15, 0.2) is 24.3 Å². The van der Waals surface area contributed by atoms with Crippen LogP contribution in [0.5, 0.6) is 0 Å². The van der Waals surface area contributed by atoms with Gasteiger partial charge in [0.15, 0.2) is 0 Å². The van der Waals surface area contributed by atoms with E-state index in [-0.39, 0.29) is 30.5 Å². The van der Waals surface area contributed by atoms with E-state index in [1.165, 1.54) is 19.3 Å². The summed E-state index contributed by atoms with van der Waals surface area (Å²) in [6.45, 7) is 4.37. The van der Waals surface area contributed by atoms with Gasteiger partial charge < -0.3 is 10.2 Å². The minimum atomic E-state index is -0.775. The molecule has 2 N–H and O–H groups in total. The number of hydrogen-bond acceptors (Lipinski definition) is 3. The highest BCUT2D eigenvalue weighted by Gasteiger charge is 2.39. The summed E-state index contributed by atoms with van der Waals surface area (Å²) < 4.78 is 0. The highest BCUT2D eigenvalue weighted by atomic mass is 16.4. The molecule has 4 heteroatoms. The predicted molar refractivity (Wildman–Crippen MR) is 100 cm³/mol. The number of Topliss-reactive ketones (excluding diaryl/α,β-unsaturated/α-hetero) is 1. The Bertz CT molecular complexity index is 467. The average molecular weight is 350 g/mol. The van der Waals surface area contributed by atoms with Crippen molar-refractivity contribution in [3.05, 3.63) is 24.3 Å². The zero-order valence-corrected chi connectivity index (χ0v) is 15.7. The number of allylic oxidation sites excluding steroid dienone is 4. The summed E-state index contributed by atoms with van der Waals surface area (Å²) in [5, 5.41) is 18.8. The molecule has 0 aliphatic heterocycles. The maximum absolute atomic E-state index is 12.2. The molecule has 0 aromatic carbocycles. The Morgan fingerprint density at radius 2 is 2.04 bits per heavy atom. The topological polar surface area (TPSA) is 74.6 Å². The molecule has 1 saturated carbocycles. The number of carboxylic acids is 1. The van der Waals surface area contributed by atoms with Crippen LogP contribution in [0.3, 0.4) is 0 Å². The SMILES string of the molecule is CCCCCC(C)/C=C/C1C(=O)CC(O)C1C/C=C/CCCC(=O)O. The zero-order chi connectivity index (χ0) is 18.7. The number of aliphatic carboxylic acids is 1. The van der Waals surface area contributed by atoms with Gasteiger partial charge in [-0.05, 0) is 31.6 Å². The van der Waals surface area contributed by atoms with Crippen molar-refractivity contribution in [2.24, 2.45) is 17.8 Å². The molecule has 0 radical (unpaired) electrons. The van der Waals surface area contributed by atoms with E-state index < -0.39 is 12.1 Å². The smallest absolute Gasteiger partial charge is 0.303 e. The monoisotopic (exact) mass is 350 g/mol. The molecule has 0 aromatic rings. The fourth-order valence-corrected chi connectivity index (χ4v) is 3.39. The summed E-state index contributed by atoms with van der Waals surface area (Å²) >= 11 is 0. The molecule has 0 amide bonds. The first kappa shape index (κ1) is 21.6. The predicted octanol–water partition coefficient (Wildman–Crippen LogP) is 4.53. The summed E-state index contributed by atoms with van der Waals surface area (Å²) in [7, 11) is 0. The van der Waals surface area contributed by atoms with E-state index in [1.807, 2.05) is 18.2 Å². The number of aliphatic hydroxyl groups is 1. The second-order valence-electron chi connectivity index (χ2n) is 7.28. The number of hydrogen-bond donors (Lipinski definition) is 2. The normalized spacial score (nSPS) is 25.2. The zero-order valence-electron chi connectivity index (χ0n) is 15.7. The first-order valence-corrected chi connectivity index (χ1v) is 9.71. The van der Waals surface area contributed by atoms with Crippen LogP contribution in [-0.2, 0) is 9.59 Å². The summed E-state index contributed by atoms with van der Waals surface area (Å²) in [5.74, 6) is -0.420. The largest absolute Gasteiger partial charge is 0.481 e. The fourth-order valence-electron chi connectivity index (χ4n) is 3.39. The van der Waals surface area contributed by atoms with Crippen molar-refractivity contribution in [3.63, 3.8) is 0 Å². The van der Waals surface area contributed by atoms with E-state index in [1.54, 1.807) is 0 Å². The molecule has 4 nitrogen and oxygen atoms in total. The van der Waals surface area contributed by atoms with Crippen LogP contribution < -0.4 is 0 Å². The van der Waals surface area contributed by atoms with Gasteiger partial charge in [0.1, 0.15) is 5.78 Å². The van der Waals surface area contributed by atoms with Crippen LogP contribution in [0.25, 0.3) is 0 Å². The molecular weight excluding hydrogens is 316 g/mol. The second-order valence-corrected chi connectivity index (χ2v) is 7.28. The molecule has 25 heavy (non-hydrogen) atoms. The van der Waals surface area contributed by atoms with Crippen molar-refractivity contribution in [2.45, 2.75) is 77.7 Å². The van der Waals surface area contributed by atoms with Crippen molar-refractivity contribution in [2.75, 3.05) is 0 Å². The van der Waals surface area contributed by atoms with E-state index in [0.717, 1.165) is 12.8 Å². The molecule has 4 atom stereocenters. The van der Waals surface area contributed by atoms with E-state index in [0.29, 0.717) is 18.8 Å². The maximum atomic E-state index is 12.2. The van der Waals surface area contributed by atoms with Crippen molar-refractivity contribution in [3.8, 4) is 0 Å². The van der Waals surface area contributed by atoms with Gasteiger partial charge in [0, 0.05) is 24.7 Å². The van der Waals surface area contributed by atoms with Gasteiger partial charge in [-0.2, -0.15) is 0 Å². The van der Waals surface area contributed by atoms with Crippen molar-refractivity contribution < 1.29 is 19.8 Å². The number of ketones is 1. The van der Waals surface area contributed by atoms with Crippen LogP contribution in [-0.4, -0.2) is 28.1 Å².